The molecular formula is C10H12F6N4S. The Balaban J connectivity index is 2.74. The van der Waals surface area contributed by atoms with E-state index in [9.17, 15) is 26.3 Å². The van der Waals surface area contributed by atoms with E-state index in [1.54, 1.807) is 6.92 Å². The number of hydrogen-bond acceptors (Lipinski definition) is 5. The Hall–Kier alpha value is -1.39. The Kier molecular flexibility index (Phi) is 5.93. The number of hydrogen-bond donors (Lipinski definition) is 2. The van der Waals surface area contributed by atoms with E-state index in [2.05, 4.69) is 20.6 Å². The summed E-state index contributed by atoms with van der Waals surface area (Å²) in [7, 11) is 0. The molecular weight excluding hydrogens is 322 g/mol. The third-order valence-corrected chi connectivity index (χ3v) is 2.76. The summed E-state index contributed by atoms with van der Waals surface area (Å²) in [5.74, 6) is -0.764. The first-order valence-corrected chi connectivity index (χ1v) is 6.75. The van der Waals surface area contributed by atoms with Crippen LogP contribution in [0.1, 0.15) is 12.6 Å². The fourth-order valence-electron chi connectivity index (χ4n) is 1.27. The van der Waals surface area contributed by atoms with Crippen LogP contribution in [-0.2, 0) is 6.18 Å². The second-order valence-corrected chi connectivity index (χ2v) is 4.87. The van der Waals surface area contributed by atoms with Crippen molar-refractivity contribution < 1.29 is 26.3 Å². The smallest absolute Gasteiger partial charge is 0.369 e. The molecule has 11 heteroatoms. The van der Waals surface area contributed by atoms with Crippen LogP contribution >= 0.6 is 11.8 Å². The fraction of sp³-hybridized carbons (Fsp3) is 0.600. The molecule has 0 spiro atoms. The lowest BCUT2D eigenvalue weighted by molar-refractivity contribution is -0.141. The Labute approximate surface area is 120 Å². The van der Waals surface area contributed by atoms with Crippen LogP contribution in [0.3, 0.4) is 0 Å². The van der Waals surface area contributed by atoms with Crippen molar-refractivity contribution in [3.63, 3.8) is 0 Å². The van der Waals surface area contributed by atoms with Crippen molar-refractivity contribution in [2.45, 2.75) is 18.6 Å². The van der Waals surface area contributed by atoms with E-state index in [4.69, 9.17) is 0 Å². The zero-order valence-corrected chi connectivity index (χ0v) is 11.6. The van der Waals surface area contributed by atoms with E-state index in [1.807, 2.05) is 0 Å². The molecule has 1 aromatic rings. The summed E-state index contributed by atoms with van der Waals surface area (Å²) in [6.07, 6.45) is -4.66. The molecule has 2 N–H and O–H groups in total. The fourth-order valence-corrected chi connectivity index (χ4v) is 1.70. The van der Waals surface area contributed by atoms with Crippen LogP contribution in [0.15, 0.2) is 6.07 Å². The van der Waals surface area contributed by atoms with Crippen molar-refractivity contribution in [2.75, 3.05) is 29.5 Å². The molecule has 21 heavy (non-hydrogen) atoms. The molecule has 0 bridgehead atoms. The SMILES string of the molecule is CCNc1nc(NCCSC(F)(F)F)cc(C(F)(F)F)n1. The van der Waals surface area contributed by atoms with Crippen LogP contribution in [0, 0.1) is 0 Å². The van der Waals surface area contributed by atoms with Gasteiger partial charge in [-0.3, -0.25) is 0 Å². The van der Waals surface area contributed by atoms with Gasteiger partial charge in [-0.2, -0.15) is 31.3 Å². The molecule has 120 valence electrons. The van der Waals surface area contributed by atoms with E-state index in [0.717, 1.165) is 0 Å². The molecule has 0 saturated heterocycles. The summed E-state index contributed by atoms with van der Waals surface area (Å²) >= 11 is -0.267. The monoisotopic (exact) mass is 334 g/mol. The van der Waals surface area contributed by atoms with Crippen LogP contribution in [0.25, 0.3) is 0 Å². The number of nitrogens with one attached hydrogen (secondary N) is 2. The molecule has 1 heterocycles. The molecule has 0 unspecified atom stereocenters. The van der Waals surface area contributed by atoms with E-state index in [-0.39, 0.29) is 35.8 Å². The molecule has 0 aliphatic carbocycles. The van der Waals surface area contributed by atoms with Crippen LogP contribution in [0.2, 0.25) is 0 Å². The zero-order chi connectivity index (χ0) is 16.1. The molecule has 1 aromatic heterocycles. The van der Waals surface area contributed by atoms with Crippen LogP contribution in [0.4, 0.5) is 38.1 Å². The Morgan fingerprint density at radius 1 is 1.10 bits per heavy atom. The van der Waals surface area contributed by atoms with Crippen molar-refractivity contribution >= 4 is 23.5 Å². The summed E-state index contributed by atoms with van der Waals surface area (Å²) < 4.78 is 73.7. The first kappa shape index (κ1) is 17.7. The number of thioether (sulfide) groups is 1. The lowest BCUT2D eigenvalue weighted by atomic mass is 10.3. The average molecular weight is 334 g/mol. The molecule has 1 rings (SSSR count). The minimum absolute atomic E-state index is 0.177. The molecule has 0 aliphatic rings. The number of aromatic nitrogens is 2. The van der Waals surface area contributed by atoms with E-state index in [0.29, 0.717) is 12.6 Å². The summed E-state index contributed by atoms with van der Waals surface area (Å²) in [6.45, 7) is 1.78. The maximum atomic E-state index is 12.6. The van der Waals surface area contributed by atoms with Gasteiger partial charge in [-0.25, -0.2) is 4.98 Å². The third-order valence-electron chi connectivity index (χ3n) is 2.03. The van der Waals surface area contributed by atoms with Gasteiger partial charge >= 0.3 is 11.7 Å². The summed E-state index contributed by atoms with van der Waals surface area (Å²) in [4.78, 5) is 7.04. The second-order valence-electron chi connectivity index (χ2n) is 3.71. The maximum Gasteiger partial charge on any atom is 0.441 e. The van der Waals surface area contributed by atoms with Gasteiger partial charge in [0, 0.05) is 24.9 Å². The van der Waals surface area contributed by atoms with Gasteiger partial charge in [0.05, 0.1) is 0 Å². The lowest BCUT2D eigenvalue weighted by Crippen LogP contribution is -2.15. The molecule has 0 atom stereocenters. The standard InChI is InChI=1S/C10H12F6N4S/c1-2-17-8-19-6(9(11,12)13)5-7(20-8)18-3-4-21-10(14,15)16/h5H,2-4H2,1H3,(H2,17,18,19,20). The van der Waals surface area contributed by atoms with Crippen molar-refractivity contribution in [3.05, 3.63) is 11.8 Å². The van der Waals surface area contributed by atoms with Gasteiger partial charge in [0.2, 0.25) is 5.95 Å². The minimum atomic E-state index is -4.66. The molecule has 0 saturated carbocycles. The second kappa shape index (κ2) is 7.05. The average Bonchev–Trinajstić information content (AvgIpc) is 2.33. The number of alkyl halides is 6. The molecule has 0 fully saturated rings. The van der Waals surface area contributed by atoms with Gasteiger partial charge in [-0.15, -0.1) is 0 Å². The van der Waals surface area contributed by atoms with E-state index in [1.165, 1.54) is 0 Å². The topological polar surface area (TPSA) is 49.8 Å². The van der Waals surface area contributed by atoms with E-state index >= 15 is 0 Å². The molecule has 4 nitrogen and oxygen atoms in total. The lowest BCUT2D eigenvalue weighted by Gasteiger charge is -2.12. The number of nitrogens with zero attached hydrogens (tertiary/aromatic N) is 2. The highest BCUT2D eigenvalue weighted by atomic mass is 32.2. The minimum Gasteiger partial charge on any atom is -0.369 e. The summed E-state index contributed by atoms with van der Waals surface area (Å²) in [5.41, 5.74) is -5.54. The van der Waals surface area contributed by atoms with Crippen LogP contribution in [-0.4, -0.2) is 34.3 Å². The van der Waals surface area contributed by atoms with Gasteiger partial charge in [0.15, 0.2) is 5.69 Å². The highest BCUT2D eigenvalue weighted by molar-refractivity contribution is 8.00. The van der Waals surface area contributed by atoms with Crippen molar-refractivity contribution in [1.82, 2.24) is 9.97 Å². The summed E-state index contributed by atoms with van der Waals surface area (Å²) in [5, 5.41) is 4.94. The quantitative estimate of drug-likeness (QED) is 0.615. The predicted molar refractivity (Wildman–Crippen MR) is 68.2 cm³/mol. The van der Waals surface area contributed by atoms with Crippen LogP contribution < -0.4 is 10.6 Å². The van der Waals surface area contributed by atoms with Crippen molar-refractivity contribution in [2.24, 2.45) is 0 Å². The van der Waals surface area contributed by atoms with E-state index < -0.39 is 17.4 Å². The largest absolute Gasteiger partial charge is 0.441 e. The zero-order valence-electron chi connectivity index (χ0n) is 10.8. The maximum absolute atomic E-state index is 12.6. The number of anilines is 2. The summed E-state index contributed by atoms with van der Waals surface area (Å²) in [6, 6.07) is 0.652. The molecule has 0 radical (unpaired) electrons. The molecule has 0 aromatic carbocycles. The van der Waals surface area contributed by atoms with Crippen molar-refractivity contribution in [3.8, 4) is 0 Å². The van der Waals surface area contributed by atoms with Gasteiger partial charge in [0.1, 0.15) is 5.82 Å². The third kappa shape index (κ3) is 6.74. The Bertz CT molecular complexity index is 462. The first-order chi connectivity index (χ1) is 9.62. The Morgan fingerprint density at radius 2 is 1.76 bits per heavy atom. The molecule has 0 amide bonds. The van der Waals surface area contributed by atoms with Gasteiger partial charge in [-0.05, 0) is 18.7 Å². The number of rotatable bonds is 6. The highest BCUT2D eigenvalue weighted by Crippen LogP contribution is 2.31. The normalized spacial score (nSPS) is 12.3. The van der Waals surface area contributed by atoms with Gasteiger partial charge in [0.25, 0.3) is 0 Å². The first-order valence-electron chi connectivity index (χ1n) is 5.76. The van der Waals surface area contributed by atoms with Gasteiger partial charge in [-0.1, -0.05) is 0 Å². The predicted octanol–water partition coefficient (Wildman–Crippen LogP) is 3.59. The van der Waals surface area contributed by atoms with Gasteiger partial charge < -0.3 is 10.6 Å². The van der Waals surface area contributed by atoms with Crippen molar-refractivity contribution in [1.29, 1.82) is 0 Å². The highest BCUT2D eigenvalue weighted by Gasteiger charge is 2.33. The Morgan fingerprint density at radius 3 is 2.29 bits per heavy atom. The number of halogens is 6. The molecule has 0 aliphatic heterocycles. The van der Waals surface area contributed by atoms with Crippen LogP contribution in [0.5, 0.6) is 0 Å².